The summed E-state index contributed by atoms with van der Waals surface area (Å²) in [6.45, 7) is 2.08. The number of rotatable bonds is 8. The smallest absolute Gasteiger partial charge is 0.246 e. The number of benzene rings is 1. The summed E-state index contributed by atoms with van der Waals surface area (Å²) in [6.07, 6.45) is 4.31. The summed E-state index contributed by atoms with van der Waals surface area (Å²) >= 11 is 0. The van der Waals surface area contributed by atoms with Gasteiger partial charge in [0.2, 0.25) is 15.9 Å². The molecule has 2 rings (SSSR count). The highest BCUT2D eigenvalue weighted by Crippen LogP contribution is 2.33. The van der Waals surface area contributed by atoms with Crippen molar-refractivity contribution in [3.8, 4) is 11.8 Å². The van der Waals surface area contributed by atoms with Crippen molar-refractivity contribution in [2.24, 2.45) is 0 Å². The van der Waals surface area contributed by atoms with Gasteiger partial charge in [-0.3, -0.25) is 4.79 Å². The van der Waals surface area contributed by atoms with E-state index < -0.39 is 15.6 Å². The van der Waals surface area contributed by atoms with Gasteiger partial charge in [-0.2, -0.15) is 5.26 Å². The van der Waals surface area contributed by atoms with Crippen LogP contribution < -0.4 is 10.1 Å². The van der Waals surface area contributed by atoms with Crippen molar-refractivity contribution in [3.05, 3.63) is 18.2 Å². The number of nitrogens with one attached hydrogen (secondary N) is 1. The molecule has 0 saturated heterocycles. The summed E-state index contributed by atoms with van der Waals surface area (Å²) in [5, 5.41) is 12.6. The largest absolute Gasteiger partial charge is 0.492 e. The van der Waals surface area contributed by atoms with Crippen molar-refractivity contribution in [1.29, 1.82) is 5.26 Å². The molecule has 9 heteroatoms. The molecule has 1 aliphatic carbocycles. The van der Waals surface area contributed by atoms with Gasteiger partial charge in [0.1, 0.15) is 16.2 Å². The zero-order valence-corrected chi connectivity index (χ0v) is 18.4. The van der Waals surface area contributed by atoms with Crippen LogP contribution in [0.25, 0.3) is 0 Å². The number of nitrogens with zero attached hydrogens (tertiary/aromatic N) is 3. The average Bonchev–Trinajstić information content (AvgIpc) is 2.72. The van der Waals surface area contributed by atoms with Crippen LogP contribution in [0.1, 0.15) is 39.0 Å². The Kier molecular flexibility index (Phi) is 7.49. The van der Waals surface area contributed by atoms with Crippen LogP contribution in [-0.4, -0.2) is 63.4 Å². The molecule has 0 aliphatic heterocycles. The number of nitriles is 1. The monoisotopic (exact) mass is 422 g/mol. The first-order valence-corrected chi connectivity index (χ1v) is 11.2. The van der Waals surface area contributed by atoms with Crippen molar-refractivity contribution in [2.45, 2.75) is 49.5 Å². The van der Waals surface area contributed by atoms with Gasteiger partial charge in [0.15, 0.2) is 0 Å². The van der Waals surface area contributed by atoms with E-state index >= 15 is 0 Å². The molecule has 29 heavy (non-hydrogen) atoms. The Balaban J connectivity index is 2.18. The molecule has 1 saturated carbocycles. The molecule has 1 N–H and O–H groups in total. The molecule has 0 unspecified atom stereocenters. The van der Waals surface area contributed by atoms with Crippen molar-refractivity contribution < 1.29 is 17.9 Å². The minimum atomic E-state index is -3.71. The van der Waals surface area contributed by atoms with E-state index in [1.54, 1.807) is 26.1 Å². The van der Waals surface area contributed by atoms with Crippen molar-refractivity contribution in [1.82, 2.24) is 9.21 Å². The van der Waals surface area contributed by atoms with E-state index in [0.717, 1.165) is 23.6 Å². The number of carbonyl (C=O) groups is 1. The molecular formula is C20H30N4O4S. The third-order valence-corrected chi connectivity index (χ3v) is 7.19. The highest BCUT2D eigenvalue weighted by molar-refractivity contribution is 7.89. The van der Waals surface area contributed by atoms with Crippen molar-refractivity contribution in [3.63, 3.8) is 0 Å². The molecule has 1 fully saturated rings. The number of likely N-dealkylation sites (N-methyl/N-ethyl adjacent to an activating group) is 1. The lowest BCUT2D eigenvalue weighted by molar-refractivity contribution is -0.132. The lowest BCUT2D eigenvalue weighted by Gasteiger charge is -2.39. The van der Waals surface area contributed by atoms with E-state index in [1.807, 2.05) is 0 Å². The first kappa shape index (κ1) is 23.0. The Hall–Kier alpha value is -2.31. The summed E-state index contributed by atoms with van der Waals surface area (Å²) in [4.78, 5) is 14.3. The van der Waals surface area contributed by atoms with Crippen LogP contribution in [0.5, 0.6) is 5.75 Å². The van der Waals surface area contributed by atoms with E-state index in [-0.39, 0.29) is 23.1 Å². The molecule has 0 atom stereocenters. The molecule has 1 aromatic rings. The van der Waals surface area contributed by atoms with Gasteiger partial charge >= 0.3 is 0 Å². The van der Waals surface area contributed by atoms with Crippen LogP contribution in [0.4, 0.5) is 5.69 Å². The Morgan fingerprint density at radius 1 is 1.24 bits per heavy atom. The predicted octanol–water partition coefficient (Wildman–Crippen LogP) is 2.43. The van der Waals surface area contributed by atoms with Crippen molar-refractivity contribution >= 4 is 21.6 Å². The highest BCUT2D eigenvalue weighted by atomic mass is 32.2. The number of amides is 1. The van der Waals surface area contributed by atoms with E-state index in [1.165, 1.54) is 25.1 Å². The topological polar surface area (TPSA) is 103 Å². The second kappa shape index (κ2) is 9.46. The van der Waals surface area contributed by atoms with E-state index in [9.17, 15) is 18.5 Å². The maximum Gasteiger partial charge on any atom is 0.246 e. The Morgan fingerprint density at radius 3 is 2.45 bits per heavy atom. The fraction of sp³-hybridized carbons (Fsp3) is 0.600. The van der Waals surface area contributed by atoms with Gasteiger partial charge in [-0.25, -0.2) is 12.7 Å². The van der Waals surface area contributed by atoms with Crippen LogP contribution in [0, 0.1) is 11.3 Å². The molecule has 160 valence electrons. The Bertz CT molecular complexity index is 871. The van der Waals surface area contributed by atoms with Gasteiger partial charge in [0.25, 0.3) is 0 Å². The highest BCUT2D eigenvalue weighted by Gasteiger charge is 2.38. The maximum atomic E-state index is 12.7. The zero-order valence-electron chi connectivity index (χ0n) is 17.6. The third-order valence-electron chi connectivity index (χ3n) is 5.35. The summed E-state index contributed by atoms with van der Waals surface area (Å²) in [6, 6.07) is 7.05. The normalized spacial score (nSPS) is 16.1. The minimum absolute atomic E-state index is 0.0324. The standard InChI is InChI=1S/C20H30N4O4S/c1-5-28-17-10-9-16(13-18(17)29(26,27)23(2)3)22-14-19(25)24(4)20(15-21)11-7-6-8-12-20/h9-10,13,22H,5-8,11-12,14H2,1-4H3. The molecule has 8 nitrogen and oxygen atoms in total. The summed E-state index contributed by atoms with van der Waals surface area (Å²) < 4.78 is 31.8. The van der Waals surface area contributed by atoms with E-state index in [0.29, 0.717) is 25.1 Å². The van der Waals surface area contributed by atoms with Gasteiger partial charge in [-0.15, -0.1) is 0 Å². The lowest BCUT2D eigenvalue weighted by Crippen LogP contribution is -2.51. The molecule has 0 radical (unpaired) electrons. The van der Waals surface area contributed by atoms with Crippen LogP contribution in [-0.2, 0) is 14.8 Å². The zero-order chi connectivity index (χ0) is 21.7. The molecular weight excluding hydrogens is 392 g/mol. The van der Waals surface area contributed by atoms with Crippen LogP contribution in [0.3, 0.4) is 0 Å². The van der Waals surface area contributed by atoms with Crippen molar-refractivity contribution in [2.75, 3.05) is 39.6 Å². The average molecular weight is 423 g/mol. The number of hydrogen-bond acceptors (Lipinski definition) is 6. The quantitative estimate of drug-likeness (QED) is 0.690. The van der Waals surface area contributed by atoms with Gasteiger partial charge in [0, 0.05) is 26.8 Å². The maximum absolute atomic E-state index is 12.7. The summed E-state index contributed by atoms with van der Waals surface area (Å²) in [5.41, 5.74) is -0.264. The van der Waals surface area contributed by atoms with Crippen LogP contribution in [0.2, 0.25) is 0 Å². The lowest BCUT2D eigenvalue weighted by atomic mass is 9.81. The molecule has 1 aliphatic rings. The second-order valence-electron chi connectivity index (χ2n) is 7.39. The first-order chi connectivity index (χ1) is 13.7. The number of carbonyl (C=O) groups excluding carboxylic acids is 1. The first-order valence-electron chi connectivity index (χ1n) is 9.79. The molecule has 0 aromatic heterocycles. The Labute approximate surface area is 173 Å². The minimum Gasteiger partial charge on any atom is -0.492 e. The fourth-order valence-electron chi connectivity index (χ4n) is 3.48. The molecule has 0 spiro atoms. The van der Waals surface area contributed by atoms with Crippen LogP contribution in [0.15, 0.2) is 23.1 Å². The van der Waals surface area contributed by atoms with Gasteiger partial charge < -0.3 is 15.0 Å². The molecule has 1 amide bonds. The molecule has 0 heterocycles. The van der Waals surface area contributed by atoms with E-state index in [4.69, 9.17) is 4.74 Å². The number of ether oxygens (including phenoxy) is 1. The molecule has 1 aromatic carbocycles. The van der Waals surface area contributed by atoms with E-state index in [2.05, 4.69) is 11.4 Å². The second-order valence-corrected chi connectivity index (χ2v) is 9.51. The van der Waals surface area contributed by atoms with Gasteiger partial charge in [0.05, 0.1) is 19.2 Å². The summed E-state index contributed by atoms with van der Waals surface area (Å²) in [5.74, 6) is 0.0557. The Morgan fingerprint density at radius 2 is 1.90 bits per heavy atom. The third kappa shape index (κ3) is 5.00. The number of anilines is 1. The number of sulfonamides is 1. The number of hydrogen-bond donors (Lipinski definition) is 1. The van der Waals surface area contributed by atoms with Gasteiger partial charge in [-0.05, 0) is 38.0 Å². The van der Waals surface area contributed by atoms with Gasteiger partial charge in [-0.1, -0.05) is 19.3 Å². The molecule has 0 bridgehead atoms. The van der Waals surface area contributed by atoms with Crippen LogP contribution >= 0.6 is 0 Å². The predicted molar refractivity (Wildman–Crippen MR) is 111 cm³/mol. The summed E-state index contributed by atoms with van der Waals surface area (Å²) in [7, 11) is 0.864. The fourth-order valence-corrected chi connectivity index (χ4v) is 4.54. The SMILES string of the molecule is CCOc1ccc(NCC(=O)N(C)C2(C#N)CCCCC2)cc1S(=O)(=O)N(C)C.